The Hall–Kier alpha value is -2.92. The van der Waals surface area contributed by atoms with Crippen LogP contribution in [0.4, 0.5) is 11.5 Å². The topological polar surface area (TPSA) is 55.6 Å². The lowest BCUT2D eigenvalue weighted by Crippen LogP contribution is -2.01. The number of hydrogen-bond donors (Lipinski definition) is 1. The molecule has 4 aromatic rings. The molecule has 0 aliphatic rings. The maximum Gasteiger partial charge on any atom is 0.162 e. The summed E-state index contributed by atoms with van der Waals surface area (Å²) in [5.41, 5.74) is 4.61. The van der Waals surface area contributed by atoms with Gasteiger partial charge in [0.05, 0.1) is 5.69 Å². The fourth-order valence-corrected chi connectivity index (χ4v) is 3.34. The number of nitrogens with one attached hydrogen (secondary N) is 1. The van der Waals surface area contributed by atoms with Gasteiger partial charge in [0.25, 0.3) is 0 Å². The van der Waals surface area contributed by atoms with Crippen LogP contribution in [0, 0.1) is 0 Å². The first kappa shape index (κ1) is 17.5. The Bertz CT molecular complexity index is 1090. The number of halogens is 1. The fraction of sp³-hybridized carbons (Fsp3) is 0.190. The van der Waals surface area contributed by atoms with Crippen molar-refractivity contribution in [2.24, 2.45) is 7.05 Å². The molecule has 0 amide bonds. The molecule has 5 nitrogen and oxygen atoms in total. The first-order valence-corrected chi connectivity index (χ1v) is 9.35. The van der Waals surface area contributed by atoms with Gasteiger partial charge in [-0.05, 0) is 24.6 Å². The minimum absolute atomic E-state index is 0.672. The number of anilines is 2. The van der Waals surface area contributed by atoms with Crippen LogP contribution in [0.15, 0.2) is 54.6 Å². The van der Waals surface area contributed by atoms with Crippen molar-refractivity contribution in [2.75, 3.05) is 5.32 Å². The number of aromatic nitrogens is 4. The van der Waals surface area contributed by atoms with Crippen molar-refractivity contribution in [3.8, 4) is 11.4 Å². The smallest absolute Gasteiger partial charge is 0.162 e. The van der Waals surface area contributed by atoms with Crippen LogP contribution in [0.3, 0.4) is 0 Å². The molecular weight excluding hydrogens is 358 g/mol. The van der Waals surface area contributed by atoms with Gasteiger partial charge < -0.3 is 5.32 Å². The van der Waals surface area contributed by atoms with Crippen LogP contribution in [0.1, 0.15) is 19.0 Å². The molecule has 1 N–H and O–H groups in total. The Labute approximate surface area is 163 Å². The molecule has 0 unspecified atom stereocenters. The molecule has 2 aromatic carbocycles. The number of aryl methyl sites for hydroxylation is 2. The van der Waals surface area contributed by atoms with Gasteiger partial charge in [-0.2, -0.15) is 5.10 Å². The van der Waals surface area contributed by atoms with Gasteiger partial charge in [-0.3, -0.25) is 4.68 Å². The third-order valence-electron chi connectivity index (χ3n) is 4.36. The lowest BCUT2D eigenvalue weighted by atomic mass is 10.2. The van der Waals surface area contributed by atoms with Gasteiger partial charge in [0.15, 0.2) is 11.6 Å². The minimum atomic E-state index is 0.672. The van der Waals surface area contributed by atoms with Crippen LogP contribution >= 0.6 is 11.6 Å². The Balaban J connectivity index is 1.92. The molecule has 27 heavy (non-hydrogen) atoms. The molecule has 2 aromatic heterocycles. The van der Waals surface area contributed by atoms with E-state index >= 15 is 0 Å². The van der Waals surface area contributed by atoms with E-state index in [0.29, 0.717) is 10.8 Å². The maximum atomic E-state index is 6.14. The lowest BCUT2D eigenvalue weighted by molar-refractivity contribution is 0.753. The molecule has 0 radical (unpaired) electrons. The van der Waals surface area contributed by atoms with Crippen molar-refractivity contribution >= 4 is 34.1 Å². The summed E-state index contributed by atoms with van der Waals surface area (Å²) >= 11 is 6.14. The summed E-state index contributed by atoms with van der Waals surface area (Å²) in [5, 5.41) is 8.75. The number of rotatable bonds is 5. The van der Waals surface area contributed by atoms with E-state index in [1.54, 1.807) is 0 Å². The summed E-state index contributed by atoms with van der Waals surface area (Å²) in [4.78, 5) is 9.65. The summed E-state index contributed by atoms with van der Waals surface area (Å²) in [6.07, 6.45) is 1.88. The minimum Gasteiger partial charge on any atom is -0.338 e. The van der Waals surface area contributed by atoms with Crippen molar-refractivity contribution < 1.29 is 0 Å². The molecule has 0 bridgehead atoms. The average molecular weight is 378 g/mol. The number of fused-ring (bicyclic) bond motifs is 1. The third-order valence-corrected chi connectivity index (χ3v) is 4.59. The van der Waals surface area contributed by atoms with Crippen LogP contribution in [0.5, 0.6) is 0 Å². The van der Waals surface area contributed by atoms with Crippen molar-refractivity contribution in [3.05, 3.63) is 65.3 Å². The summed E-state index contributed by atoms with van der Waals surface area (Å²) in [7, 11) is 1.93. The SMILES string of the molecule is CCCc1nn(C)c2c(Nc3cccc(Cl)c3)nc(-c3ccccc3)nc12. The summed E-state index contributed by atoms with van der Waals surface area (Å²) < 4.78 is 1.85. The molecular formula is C21H20ClN5. The Morgan fingerprint density at radius 1 is 1.04 bits per heavy atom. The predicted molar refractivity (Wildman–Crippen MR) is 110 cm³/mol. The summed E-state index contributed by atoms with van der Waals surface area (Å²) in [6.45, 7) is 2.14. The van der Waals surface area contributed by atoms with Gasteiger partial charge in [0.2, 0.25) is 0 Å². The Morgan fingerprint density at radius 2 is 1.85 bits per heavy atom. The van der Waals surface area contributed by atoms with Gasteiger partial charge in [0.1, 0.15) is 11.0 Å². The van der Waals surface area contributed by atoms with Crippen LogP contribution in [-0.4, -0.2) is 19.7 Å². The first-order chi connectivity index (χ1) is 13.2. The highest BCUT2D eigenvalue weighted by Gasteiger charge is 2.17. The van der Waals surface area contributed by atoms with E-state index in [-0.39, 0.29) is 0 Å². The second kappa shape index (κ2) is 7.37. The second-order valence-corrected chi connectivity index (χ2v) is 6.85. The van der Waals surface area contributed by atoms with Crippen LogP contribution in [0.2, 0.25) is 5.02 Å². The molecule has 0 aliphatic heterocycles. The van der Waals surface area contributed by atoms with E-state index < -0.39 is 0 Å². The molecule has 0 fully saturated rings. The molecule has 0 spiro atoms. The molecule has 2 heterocycles. The van der Waals surface area contributed by atoms with E-state index in [1.807, 2.05) is 66.3 Å². The van der Waals surface area contributed by atoms with Crippen LogP contribution in [-0.2, 0) is 13.5 Å². The number of benzene rings is 2. The molecule has 0 atom stereocenters. The monoisotopic (exact) mass is 377 g/mol. The molecule has 0 saturated heterocycles. The molecule has 4 rings (SSSR count). The highest BCUT2D eigenvalue weighted by molar-refractivity contribution is 6.30. The average Bonchev–Trinajstić information content (AvgIpc) is 2.99. The standard InChI is InChI=1S/C21H20ClN5/c1-3-8-17-18-19(27(2)26-17)21(23-16-12-7-11-15(22)13-16)25-20(24-18)14-9-5-4-6-10-14/h4-7,9-13H,3,8H2,1-2H3,(H,23,24,25). The van der Waals surface area contributed by atoms with Crippen molar-refractivity contribution in [1.29, 1.82) is 0 Å². The largest absolute Gasteiger partial charge is 0.338 e. The lowest BCUT2D eigenvalue weighted by Gasteiger charge is -2.10. The fourth-order valence-electron chi connectivity index (χ4n) is 3.15. The zero-order chi connectivity index (χ0) is 18.8. The van der Waals surface area contributed by atoms with E-state index in [0.717, 1.165) is 46.6 Å². The van der Waals surface area contributed by atoms with E-state index in [2.05, 4.69) is 17.3 Å². The molecule has 6 heteroatoms. The molecule has 0 saturated carbocycles. The van der Waals surface area contributed by atoms with Gasteiger partial charge in [-0.15, -0.1) is 0 Å². The predicted octanol–water partition coefficient (Wildman–Crippen LogP) is 5.38. The Kier molecular flexibility index (Phi) is 4.77. The van der Waals surface area contributed by atoms with Crippen LogP contribution in [0.25, 0.3) is 22.4 Å². The zero-order valence-corrected chi connectivity index (χ0v) is 16.0. The molecule has 0 aliphatic carbocycles. The van der Waals surface area contributed by atoms with Gasteiger partial charge in [0, 0.05) is 23.3 Å². The third kappa shape index (κ3) is 3.51. The van der Waals surface area contributed by atoms with Crippen LogP contribution < -0.4 is 5.32 Å². The van der Waals surface area contributed by atoms with Crippen molar-refractivity contribution in [3.63, 3.8) is 0 Å². The van der Waals surface area contributed by atoms with E-state index in [4.69, 9.17) is 21.6 Å². The van der Waals surface area contributed by atoms with E-state index in [9.17, 15) is 0 Å². The molecule has 136 valence electrons. The second-order valence-electron chi connectivity index (χ2n) is 6.41. The van der Waals surface area contributed by atoms with Crippen molar-refractivity contribution in [2.45, 2.75) is 19.8 Å². The highest BCUT2D eigenvalue weighted by Crippen LogP contribution is 2.30. The Morgan fingerprint density at radius 3 is 2.59 bits per heavy atom. The number of hydrogen-bond acceptors (Lipinski definition) is 4. The first-order valence-electron chi connectivity index (χ1n) is 8.97. The van der Waals surface area contributed by atoms with Gasteiger partial charge >= 0.3 is 0 Å². The van der Waals surface area contributed by atoms with Gasteiger partial charge in [-0.25, -0.2) is 9.97 Å². The summed E-state index contributed by atoms with van der Waals surface area (Å²) in [6, 6.07) is 17.6. The maximum absolute atomic E-state index is 6.14. The zero-order valence-electron chi connectivity index (χ0n) is 15.3. The van der Waals surface area contributed by atoms with Crippen molar-refractivity contribution in [1.82, 2.24) is 19.7 Å². The van der Waals surface area contributed by atoms with Gasteiger partial charge in [-0.1, -0.05) is 61.3 Å². The highest BCUT2D eigenvalue weighted by atomic mass is 35.5. The van der Waals surface area contributed by atoms with E-state index in [1.165, 1.54) is 0 Å². The quantitative estimate of drug-likeness (QED) is 0.507. The number of nitrogens with zero attached hydrogens (tertiary/aromatic N) is 4. The normalized spacial score (nSPS) is 11.1. The summed E-state index contributed by atoms with van der Waals surface area (Å²) in [5.74, 6) is 1.40.